The maximum absolute atomic E-state index is 13.0. The largest absolute Gasteiger partial charge is 0.508 e. The maximum atomic E-state index is 13.0. The molecule has 0 unspecified atom stereocenters. The molecule has 4 nitrogen and oxygen atoms in total. The van der Waals surface area contributed by atoms with Gasteiger partial charge in [0, 0.05) is 30.1 Å². The molecule has 1 aromatic heterocycles. The van der Waals surface area contributed by atoms with E-state index in [-0.39, 0.29) is 17.6 Å². The van der Waals surface area contributed by atoms with Crippen LogP contribution in [0.1, 0.15) is 24.1 Å². The van der Waals surface area contributed by atoms with Gasteiger partial charge in [-0.25, -0.2) is 9.18 Å². The van der Waals surface area contributed by atoms with E-state index in [1.807, 2.05) is 6.92 Å². The molecule has 0 radical (unpaired) electrons. The molecular weight excluding hydrogens is 297 g/mol. The van der Waals surface area contributed by atoms with E-state index in [0.29, 0.717) is 12.1 Å². The average molecular weight is 313 g/mol. The highest BCUT2D eigenvalue weighted by Gasteiger charge is 2.09. The first kappa shape index (κ1) is 15.2. The van der Waals surface area contributed by atoms with E-state index >= 15 is 0 Å². The molecule has 0 spiro atoms. The van der Waals surface area contributed by atoms with Crippen LogP contribution in [-0.4, -0.2) is 5.11 Å². The van der Waals surface area contributed by atoms with Crippen LogP contribution >= 0.6 is 0 Å². The summed E-state index contributed by atoms with van der Waals surface area (Å²) in [5, 5.41) is 13.6. The van der Waals surface area contributed by atoms with Gasteiger partial charge in [-0.1, -0.05) is 12.1 Å². The molecule has 23 heavy (non-hydrogen) atoms. The van der Waals surface area contributed by atoms with Gasteiger partial charge in [0.1, 0.15) is 17.1 Å². The molecule has 2 aromatic carbocycles. The summed E-state index contributed by atoms with van der Waals surface area (Å²) in [5.41, 5.74) is 1.62. The second-order valence-electron chi connectivity index (χ2n) is 5.43. The number of phenolic OH excluding ortho intramolecular Hbond substituents is 1. The second-order valence-corrected chi connectivity index (χ2v) is 5.43. The summed E-state index contributed by atoms with van der Waals surface area (Å²) in [5.74, 6) is -0.224. The first-order valence-corrected chi connectivity index (χ1v) is 7.27. The topological polar surface area (TPSA) is 62.5 Å². The quantitative estimate of drug-likeness (QED) is 0.724. The van der Waals surface area contributed by atoms with E-state index in [9.17, 15) is 14.3 Å². The van der Waals surface area contributed by atoms with Crippen LogP contribution in [-0.2, 0) is 6.54 Å². The summed E-state index contributed by atoms with van der Waals surface area (Å²) in [6.45, 7) is 2.41. The Morgan fingerprint density at radius 3 is 2.65 bits per heavy atom. The monoisotopic (exact) mass is 313 g/mol. The van der Waals surface area contributed by atoms with Crippen LogP contribution in [0.2, 0.25) is 0 Å². The zero-order valence-electron chi connectivity index (χ0n) is 12.5. The highest BCUT2D eigenvalue weighted by molar-refractivity contribution is 5.81. The normalized spacial score (nSPS) is 12.4. The lowest BCUT2D eigenvalue weighted by atomic mass is 10.1. The number of halogens is 1. The van der Waals surface area contributed by atoms with Crippen LogP contribution in [0.3, 0.4) is 0 Å². The lowest BCUT2D eigenvalue weighted by Gasteiger charge is -2.15. The molecule has 1 heterocycles. The number of phenols is 1. The van der Waals surface area contributed by atoms with Crippen molar-refractivity contribution in [1.82, 2.24) is 5.32 Å². The van der Waals surface area contributed by atoms with Crippen LogP contribution in [0.4, 0.5) is 4.39 Å². The second kappa shape index (κ2) is 6.22. The first-order chi connectivity index (χ1) is 11.0. The van der Waals surface area contributed by atoms with E-state index in [1.165, 1.54) is 24.3 Å². The van der Waals surface area contributed by atoms with Gasteiger partial charge in [-0.3, -0.25) is 0 Å². The standard InChI is InChI=1S/C18H16FNO3/c1-11(12-2-4-14(19)5-3-12)20-10-13-8-18(22)23-17-9-15(21)6-7-16(13)17/h2-9,11,20-21H,10H2,1H3/t11-/m1/s1. The number of fused-ring (bicyclic) bond motifs is 1. The van der Waals surface area contributed by atoms with Gasteiger partial charge >= 0.3 is 5.63 Å². The maximum Gasteiger partial charge on any atom is 0.336 e. The molecule has 0 fully saturated rings. The van der Waals surface area contributed by atoms with Crippen molar-refractivity contribution in [2.45, 2.75) is 19.5 Å². The highest BCUT2D eigenvalue weighted by Crippen LogP contribution is 2.22. The molecule has 3 aromatic rings. The minimum atomic E-state index is -0.464. The summed E-state index contributed by atoms with van der Waals surface area (Å²) in [6.07, 6.45) is 0. The molecule has 0 amide bonds. The van der Waals surface area contributed by atoms with Crippen LogP contribution in [0.15, 0.2) is 57.7 Å². The Morgan fingerprint density at radius 2 is 1.91 bits per heavy atom. The minimum Gasteiger partial charge on any atom is -0.508 e. The Balaban J connectivity index is 1.84. The van der Waals surface area contributed by atoms with Crippen molar-refractivity contribution in [3.8, 4) is 5.75 Å². The highest BCUT2D eigenvalue weighted by atomic mass is 19.1. The summed E-state index contributed by atoms with van der Waals surface area (Å²) < 4.78 is 18.1. The number of hydrogen-bond acceptors (Lipinski definition) is 4. The summed E-state index contributed by atoms with van der Waals surface area (Å²) in [7, 11) is 0. The van der Waals surface area contributed by atoms with Crippen molar-refractivity contribution in [3.05, 3.63) is 75.9 Å². The van der Waals surface area contributed by atoms with Crippen molar-refractivity contribution in [2.24, 2.45) is 0 Å². The summed E-state index contributed by atoms with van der Waals surface area (Å²) in [4.78, 5) is 11.6. The number of hydrogen-bond donors (Lipinski definition) is 2. The number of rotatable bonds is 4. The molecule has 5 heteroatoms. The van der Waals surface area contributed by atoms with E-state index in [2.05, 4.69) is 5.32 Å². The number of nitrogens with one attached hydrogen (secondary N) is 1. The fourth-order valence-corrected chi connectivity index (χ4v) is 2.50. The van der Waals surface area contributed by atoms with Gasteiger partial charge in [0.2, 0.25) is 0 Å². The van der Waals surface area contributed by atoms with E-state index in [0.717, 1.165) is 16.5 Å². The molecule has 0 saturated heterocycles. The molecule has 0 aliphatic carbocycles. The number of benzene rings is 2. The Kier molecular flexibility index (Phi) is 4.12. The fraction of sp³-hybridized carbons (Fsp3) is 0.167. The van der Waals surface area contributed by atoms with E-state index in [1.54, 1.807) is 24.3 Å². The average Bonchev–Trinajstić information content (AvgIpc) is 2.52. The van der Waals surface area contributed by atoms with Crippen LogP contribution in [0.25, 0.3) is 11.0 Å². The van der Waals surface area contributed by atoms with Crippen molar-refractivity contribution in [2.75, 3.05) is 0 Å². The van der Waals surface area contributed by atoms with Crippen molar-refractivity contribution >= 4 is 11.0 Å². The smallest absolute Gasteiger partial charge is 0.336 e. The molecule has 0 aliphatic rings. The van der Waals surface area contributed by atoms with Crippen LogP contribution in [0, 0.1) is 5.82 Å². The van der Waals surface area contributed by atoms with Crippen molar-refractivity contribution in [3.63, 3.8) is 0 Å². The molecule has 2 N–H and O–H groups in total. The van der Waals surface area contributed by atoms with Gasteiger partial charge in [-0.2, -0.15) is 0 Å². The van der Waals surface area contributed by atoms with E-state index < -0.39 is 5.63 Å². The van der Waals surface area contributed by atoms with Gasteiger partial charge in [-0.05, 0) is 42.3 Å². The van der Waals surface area contributed by atoms with Crippen molar-refractivity contribution < 1.29 is 13.9 Å². The fourth-order valence-electron chi connectivity index (χ4n) is 2.50. The third-order valence-electron chi connectivity index (χ3n) is 3.78. The van der Waals surface area contributed by atoms with Gasteiger partial charge in [0.15, 0.2) is 0 Å². The molecule has 3 rings (SSSR count). The van der Waals surface area contributed by atoms with Gasteiger partial charge in [0.05, 0.1) is 0 Å². The Morgan fingerprint density at radius 1 is 1.17 bits per heavy atom. The van der Waals surface area contributed by atoms with E-state index in [4.69, 9.17) is 4.42 Å². The molecule has 118 valence electrons. The summed E-state index contributed by atoms with van der Waals surface area (Å²) in [6, 6.07) is 12.4. The Hall–Kier alpha value is -2.66. The van der Waals surface area contributed by atoms with Crippen LogP contribution < -0.4 is 10.9 Å². The van der Waals surface area contributed by atoms with Gasteiger partial charge < -0.3 is 14.8 Å². The van der Waals surface area contributed by atoms with Crippen molar-refractivity contribution in [1.29, 1.82) is 0 Å². The minimum absolute atomic E-state index is 0.00462. The third-order valence-corrected chi connectivity index (χ3v) is 3.78. The predicted octanol–water partition coefficient (Wildman–Crippen LogP) is 3.49. The zero-order chi connectivity index (χ0) is 16.4. The molecule has 0 aliphatic heterocycles. The van der Waals surface area contributed by atoms with Gasteiger partial charge in [-0.15, -0.1) is 0 Å². The SMILES string of the molecule is C[C@@H](NCc1cc(=O)oc2cc(O)ccc12)c1ccc(F)cc1. The Labute approximate surface area is 132 Å². The number of aromatic hydroxyl groups is 1. The third kappa shape index (κ3) is 3.40. The Bertz CT molecular complexity index is 887. The van der Waals surface area contributed by atoms with Crippen LogP contribution in [0.5, 0.6) is 5.75 Å². The zero-order valence-corrected chi connectivity index (χ0v) is 12.5. The molecule has 1 atom stereocenters. The summed E-state index contributed by atoms with van der Waals surface area (Å²) >= 11 is 0. The lowest BCUT2D eigenvalue weighted by molar-refractivity contribution is 0.473. The molecule has 0 saturated carbocycles. The molecular formula is C18H16FNO3. The predicted molar refractivity (Wildman–Crippen MR) is 85.8 cm³/mol. The van der Waals surface area contributed by atoms with Gasteiger partial charge in [0.25, 0.3) is 0 Å². The lowest BCUT2D eigenvalue weighted by Crippen LogP contribution is -2.19. The first-order valence-electron chi connectivity index (χ1n) is 7.27. The molecule has 0 bridgehead atoms.